The fourth-order valence-electron chi connectivity index (χ4n) is 2.59. The van der Waals surface area contributed by atoms with E-state index in [0.29, 0.717) is 27.8 Å². The van der Waals surface area contributed by atoms with E-state index >= 15 is 0 Å². The number of rotatable bonds is 4. The zero-order valence-corrected chi connectivity index (χ0v) is 15.1. The zero-order chi connectivity index (χ0) is 17.8. The summed E-state index contributed by atoms with van der Waals surface area (Å²) in [4.78, 5) is 18.9. The van der Waals surface area contributed by atoms with Crippen molar-refractivity contribution in [3.8, 4) is 0 Å². The van der Waals surface area contributed by atoms with Crippen LogP contribution in [0.1, 0.15) is 21.5 Å². The molecule has 25 heavy (non-hydrogen) atoms. The van der Waals surface area contributed by atoms with Crippen LogP contribution >= 0.6 is 23.2 Å². The molecule has 1 heterocycles. The van der Waals surface area contributed by atoms with Crippen LogP contribution in [0.25, 0.3) is 0 Å². The first-order valence-corrected chi connectivity index (χ1v) is 8.54. The number of anilines is 1. The van der Waals surface area contributed by atoms with E-state index in [9.17, 15) is 4.79 Å². The predicted molar refractivity (Wildman–Crippen MR) is 102 cm³/mol. The monoisotopic (exact) mass is 370 g/mol. The van der Waals surface area contributed by atoms with Crippen molar-refractivity contribution in [3.63, 3.8) is 0 Å². The van der Waals surface area contributed by atoms with E-state index in [1.165, 1.54) is 0 Å². The smallest absolute Gasteiger partial charge is 0.259 e. The van der Waals surface area contributed by atoms with Gasteiger partial charge in [-0.25, -0.2) is 0 Å². The van der Waals surface area contributed by atoms with Gasteiger partial charge in [-0.2, -0.15) is 0 Å². The lowest BCUT2D eigenvalue weighted by Crippen LogP contribution is -2.31. The number of aryl methyl sites for hydroxylation is 1. The number of para-hydroxylation sites is 1. The second-order valence-corrected chi connectivity index (χ2v) is 6.44. The number of nitrogens with zero attached hydrogens (tertiary/aromatic N) is 2. The van der Waals surface area contributed by atoms with Crippen molar-refractivity contribution in [2.24, 2.45) is 0 Å². The van der Waals surface area contributed by atoms with Gasteiger partial charge in [-0.1, -0.05) is 53.5 Å². The number of pyridine rings is 1. The third-order valence-corrected chi connectivity index (χ3v) is 4.61. The summed E-state index contributed by atoms with van der Waals surface area (Å²) in [5.41, 5.74) is 2.89. The average Bonchev–Trinajstić information content (AvgIpc) is 2.62. The third kappa shape index (κ3) is 3.84. The first kappa shape index (κ1) is 17.5. The van der Waals surface area contributed by atoms with Gasteiger partial charge in [0.2, 0.25) is 0 Å². The van der Waals surface area contributed by atoms with Gasteiger partial charge in [0.15, 0.2) is 0 Å². The second-order valence-electron chi connectivity index (χ2n) is 5.62. The molecule has 1 amide bonds. The first-order valence-electron chi connectivity index (χ1n) is 7.78. The Morgan fingerprint density at radius 1 is 1.00 bits per heavy atom. The van der Waals surface area contributed by atoms with Gasteiger partial charge in [0.05, 0.1) is 17.3 Å². The van der Waals surface area contributed by atoms with E-state index < -0.39 is 0 Å². The van der Waals surface area contributed by atoms with Crippen LogP contribution in [-0.2, 0) is 6.54 Å². The van der Waals surface area contributed by atoms with Gasteiger partial charge in [-0.15, -0.1) is 0 Å². The van der Waals surface area contributed by atoms with Crippen LogP contribution < -0.4 is 4.90 Å². The summed E-state index contributed by atoms with van der Waals surface area (Å²) in [6.07, 6.45) is 3.29. The molecule has 0 bridgehead atoms. The highest BCUT2D eigenvalue weighted by atomic mass is 35.5. The maximum atomic E-state index is 13.2. The average molecular weight is 371 g/mol. The molecule has 0 aliphatic heterocycles. The van der Waals surface area contributed by atoms with Gasteiger partial charge < -0.3 is 4.90 Å². The highest BCUT2D eigenvalue weighted by Crippen LogP contribution is 2.30. The molecule has 0 aliphatic rings. The minimum Gasteiger partial charge on any atom is -0.302 e. The summed E-state index contributed by atoms with van der Waals surface area (Å²) in [6, 6.07) is 16.5. The standard InChI is InChI=1S/C20H16Cl2N2O/c1-14-12-23-11-10-16(14)20(25)24(19-9-5-4-8-18(19)22)13-15-6-2-3-7-17(15)21/h2-12H,13H2,1H3. The molecule has 3 rings (SSSR count). The van der Waals surface area contributed by atoms with Crippen molar-refractivity contribution in [2.45, 2.75) is 13.5 Å². The molecule has 0 atom stereocenters. The Bertz CT molecular complexity index is 911. The van der Waals surface area contributed by atoms with Crippen LogP contribution in [0.15, 0.2) is 67.0 Å². The van der Waals surface area contributed by atoms with Gasteiger partial charge in [-0.05, 0) is 42.3 Å². The molecular formula is C20H16Cl2N2O. The quantitative estimate of drug-likeness (QED) is 0.603. The molecule has 0 N–H and O–H groups in total. The van der Waals surface area contributed by atoms with Gasteiger partial charge >= 0.3 is 0 Å². The highest BCUT2D eigenvalue weighted by Gasteiger charge is 2.22. The molecule has 126 valence electrons. The lowest BCUT2D eigenvalue weighted by atomic mass is 10.1. The molecule has 0 aliphatic carbocycles. The van der Waals surface area contributed by atoms with Crippen molar-refractivity contribution < 1.29 is 4.79 Å². The third-order valence-electron chi connectivity index (χ3n) is 3.93. The number of amides is 1. The van der Waals surface area contributed by atoms with E-state index in [4.69, 9.17) is 23.2 Å². The minimum atomic E-state index is -0.145. The largest absolute Gasteiger partial charge is 0.302 e. The van der Waals surface area contributed by atoms with E-state index in [1.807, 2.05) is 49.4 Å². The molecule has 0 spiro atoms. The molecule has 0 fully saturated rings. The SMILES string of the molecule is Cc1cnccc1C(=O)N(Cc1ccccc1Cl)c1ccccc1Cl. The second kappa shape index (κ2) is 7.68. The normalized spacial score (nSPS) is 10.5. The first-order chi connectivity index (χ1) is 12.1. The molecule has 0 radical (unpaired) electrons. The van der Waals surface area contributed by atoms with Gasteiger partial charge in [0.25, 0.3) is 5.91 Å². The Labute approximate surface area is 156 Å². The lowest BCUT2D eigenvalue weighted by Gasteiger charge is -2.25. The molecule has 3 nitrogen and oxygen atoms in total. The number of hydrogen-bond donors (Lipinski definition) is 0. The van der Waals surface area contributed by atoms with Crippen LogP contribution in [0.5, 0.6) is 0 Å². The van der Waals surface area contributed by atoms with Crippen molar-refractivity contribution in [1.29, 1.82) is 0 Å². The number of benzene rings is 2. The van der Waals surface area contributed by atoms with Crippen LogP contribution in [0.2, 0.25) is 10.0 Å². The van der Waals surface area contributed by atoms with E-state index in [-0.39, 0.29) is 5.91 Å². The van der Waals surface area contributed by atoms with Gasteiger partial charge in [0, 0.05) is 23.0 Å². The Kier molecular flexibility index (Phi) is 5.37. The Balaban J connectivity index is 2.06. The summed E-state index contributed by atoms with van der Waals surface area (Å²) < 4.78 is 0. The summed E-state index contributed by atoms with van der Waals surface area (Å²) in [5, 5.41) is 1.12. The number of carbonyl (C=O) groups excluding carboxylic acids is 1. The maximum Gasteiger partial charge on any atom is 0.259 e. The molecule has 2 aromatic carbocycles. The summed E-state index contributed by atoms with van der Waals surface area (Å²) >= 11 is 12.7. The van der Waals surface area contributed by atoms with Crippen molar-refractivity contribution in [1.82, 2.24) is 4.98 Å². The summed E-state index contributed by atoms with van der Waals surface area (Å²) in [7, 11) is 0. The fourth-order valence-corrected chi connectivity index (χ4v) is 3.03. The van der Waals surface area contributed by atoms with E-state index in [0.717, 1.165) is 11.1 Å². The fraction of sp³-hybridized carbons (Fsp3) is 0.100. The van der Waals surface area contributed by atoms with E-state index in [2.05, 4.69) is 4.98 Å². The number of halogens is 2. The summed E-state index contributed by atoms with van der Waals surface area (Å²) in [5.74, 6) is -0.145. The molecule has 5 heteroatoms. The van der Waals surface area contributed by atoms with Crippen molar-refractivity contribution in [2.75, 3.05) is 4.90 Å². The molecule has 0 unspecified atom stereocenters. The molecule has 0 saturated heterocycles. The molecular weight excluding hydrogens is 355 g/mol. The number of hydrogen-bond acceptors (Lipinski definition) is 2. The van der Waals surface area contributed by atoms with Crippen LogP contribution in [0, 0.1) is 6.92 Å². The number of aromatic nitrogens is 1. The topological polar surface area (TPSA) is 33.2 Å². The van der Waals surface area contributed by atoms with Crippen LogP contribution in [0.3, 0.4) is 0 Å². The molecule has 0 saturated carbocycles. The van der Waals surface area contributed by atoms with Crippen LogP contribution in [-0.4, -0.2) is 10.9 Å². The predicted octanol–water partition coefficient (Wildman–Crippen LogP) is 5.54. The molecule has 1 aromatic heterocycles. The van der Waals surface area contributed by atoms with Crippen molar-refractivity contribution >= 4 is 34.8 Å². The summed E-state index contributed by atoms with van der Waals surface area (Å²) in [6.45, 7) is 2.19. The lowest BCUT2D eigenvalue weighted by molar-refractivity contribution is 0.0984. The Morgan fingerprint density at radius 2 is 1.68 bits per heavy atom. The Morgan fingerprint density at radius 3 is 2.36 bits per heavy atom. The minimum absolute atomic E-state index is 0.145. The van der Waals surface area contributed by atoms with Crippen LogP contribution in [0.4, 0.5) is 5.69 Å². The highest BCUT2D eigenvalue weighted by molar-refractivity contribution is 6.34. The zero-order valence-electron chi connectivity index (χ0n) is 13.6. The molecule has 3 aromatic rings. The Hall–Kier alpha value is -2.36. The number of carbonyl (C=O) groups is 1. The van der Waals surface area contributed by atoms with Crippen molar-refractivity contribution in [3.05, 3.63) is 93.7 Å². The van der Waals surface area contributed by atoms with E-state index in [1.54, 1.807) is 29.4 Å². The van der Waals surface area contributed by atoms with Gasteiger partial charge in [-0.3, -0.25) is 9.78 Å². The maximum absolute atomic E-state index is 13.2. The van der Waals surface area contributed by atoms with Gasteiger partial charge in [0.1, 0.15) is 0 Å².